The molecule has 7 nitrogen and oxygen atoms in total. The zero-order valence-electron chi connectivity index (χ0n) is 14.2. The molecule has 1 aromatic heterocycles. The van der Waals surface area contributed by atoms with Crippen molar-refractivity contribution in [2.24, 2.45) is 4.99 Å². The molecule has 0 spiro atoms. The quantitative estimate of drug-likeness (QED) is 0.358. The molecule has 1 heterocycles. The first-order valence-electron chi connectivity index (χ1n) is 7.99. The van der Waals surface area contributed by atoms with E-state index in [1.165, 1.54) is 6.21 Å². The fourth-order valence-electron chi connectivity index (χ4n) is 3.04. The second-order valence-corrected chi connectivity index (χ2v) is 5.53. The van der Waals surface area contributed by atoms with Crippen LogP contribution in [0.5, 0.6) is 0 Å². The summed E-state index contributed by atoms with van der Waals surface area (Å²) in [7, 11) is 0. The van der Waals surface area contributed by atoms with E-state index in [2.05, 4.69) is 22.6 Å². The van der Waals surface area contributed by atoms with E-state index < -0.39 is 6.73 Å². The largest absolute Gasteiger partial charge is 0.392 e. The number of aliphatic hydroxyl groups excluding tert-OH is 4. The molecular formula is C19H21N3O4. The Balaban J connectivity index is 2.86. The highest BCUT2D eigenvalue weighted by Crippen LogP contribution is 2.35. The first-order valence-corrected chi connectivity index (χ1v) is 7.99. The molecule has 0 bridgehead atoms. The van der Waals surface area contributed by atoms with Crippen molar-refractivity contribution >= 4 is 6.21 Å². The summed E-state index contributed by atoms with van der Waals surface area (Å²) in [4.78, 5) is 6.79. The van der Waals surface area contributed by atoms with Crippen LogP contribution in [0.15, 0.2) is 29.8 Å². The molecule has 0 atom stereocenters. The Hall–Kier alpha value is -2.76. The number of allylic oxidation sites excluding steroid dienone is 1. The molecular weight excluding hydrogens is 334 g/mol. The maximum absolute atomic E-state index is 9.90. The van der Waals surface area contributed by atoms with Gasteiger partial charge in [-0.1, -0.05) is 18.2 Å². The van der Waals surface area contributed by atoms with E-state index in [-0.39, 0.29) is 19.8 Å². The first kappa shape index (κ1) is 19.6. The van der Waals surface area contributed by atoms with Crippen molar-refractivity contribution in [2.45, 2.75) is 26.2 Å². The van der Waals surface area contributed by atoms with Crippen molar-refractivity contribution in [3.05, 3.63) is 58.4 Å². The van der Waals surface area contributed by atoms with Crippen molar-refractivity contribution < 1.29 is 20.4 Å². The van der Waals surface area contributed by atoms with Gasteiger partial charge >= 0.3 is 0 Å². The number of rotatable bonds is 8. The number of hydrogen-bond donors (Lipinski definition) is 5. The highest BCUT2D eigenvalue weighted by atomic mass is 16.3. The van der Waals surface area contributed by atoms with Crippen molar-refractivity contribution in [1.29, 1.82) is 5.26 Å². The molecule has 0 aliphatic carbocycles. The normalized spacial score (nSPS) is 11.0. The molecule has 2 rings (SSSR count). The predicted octanol–water partition coefficient (Wildman–Crippen LogP) is 1.13. The summed E-state index contributed by atoms with van der Waals surface area (Å²) < 4.78 is 0. The van der Waals surface area contributed by atoms with E-state index in [1.54, 1.807) is 18.2 Å². The van der Waals surface area contributed by atoms with Crippen molar-refractivity contribution in [3.8, 4) is 17.2 Å². The van der Waals surface area contributed by atoms with Crippen LogP contribution in [0.4, 0.5) is 0 Å². The number of hydrogen-bond acceptors (Lipinski definition) is 6. The number of nitrogens with zero attached hydrogens (tertiary/aromatic N) is 2. The van der Waals surface area contributed by atoms with Gasteiger partial charge in [-0.25, -0.2) is 0 Å². The second-order valence-electron chi connectivity index (χ2n) is 5.53. The Bertz CT molecular complexity index is 863. The lowest BCUT2D eigenvalue weighted by Crippen LogP contribution is -2.04. The lowest BCUT2D eigenvalue weighted by Gasteiger charge is -2.16. The van der Waals surface area contributed by atoms with Gasteiger partial charge in [0.2, 0.25) is 0 Å². The molecule has 5 N–H and O–H groups in total. The summed E-state index contributed by atoms with van der Waals surface area (Å²) >= 11 is 0. The minimum Gasteiger partial charge on any atom is -0.392 e. The van der Waals surface area contributed by atoms with Gasteiger partial charge in [-0.05, 0) is 28.7 Å². The van der Waals surface area contributed by atoms with E-state index in [1.807, 2.05) is 0 Å². The highest BCUT2D eigenvalue weighted by Gasteiger charge is 2.21. The summed E-state index contributed by atoms with van der Waals surface area (Å²) in [5.74, 6) is 0. The number of benzene rings is 1. The molecule has 0 aliphatic rings. The van der Waals surface area contributed by atoms with E-state index in [0.29, 0.717) is 51.2 Å². The van der Waals surface area contributed by atoms with Gasteiger partial charge in [0, 0.05) is 17.3 Å². The number of nitriles is 1. The zero-order chi connectivity index (χ0) is 19.1. The molecule has 1 aromatic carbocycles. The van der Waals surface area contributed by atoms with Crippen LogP contribution >= 0.6 is 0 Å². The maximum atomic E-state index is 9.90. The Morgan fingerprint density at radius 1 is 1.08 bits per heavy atom. The van der Waals surface area contributed by atoms with Gasteiger partial charge in [-0.3, -0.25) is 4.99 Å². The third-order valence-electron chi connectivity index (χ3n) is 4.18. The predicted molar refractivity (Wildman–Crippen MR) is 97.3 cm³/mol. The summed E-state index contributed by atoms with van der Waals surface area (Å²) in [6, 6.07) is 5.49. The lowest BCUT2D eigenvalue weighted by atomic mass is 9.89. The van der Waals surface area contributed by atoms with Gasteiger partial charge in [-0.2, -0.15) is 5.26 Å². The van der Waals surface area contributed by atoms with E-state index in [9.17, 15) is 20.6 Å². The molecule has 0 fully saturated rings. The van der Waals surface area contributed by atoms with Gasteiger partial charge < -0.3 is 25.4 Å². The van der Waals surface area contributed by atoms with Crippen LogP contribution in [0, 0.1) is 11.3 Å². The van der Waals surface area contributed by atoms with Gasteiger partial charge in [-0.15, -0.1) is 6.58 Å². The number of aromatic nitrogens is 1. The van der Waals surface area contributed by atoms with Crippen LogP contribution in [-0.2, 0) is 26.2 Å². The lowest BCUT2D eigenvalue weighted by molar-refractivity contribution is 0.248. The fraction of sp³-hybridized carbons (Fsp3) is 0.263. The first-order chi connectivity index (χ1) is 12.7. The smallest absolute Gasteiger partial charge is 0.134 e. The Labute approximate surface area is 151 Å². The Kier molecular flexibility index (Phi) is 6.83. The Morgan fingerprint density at radius 2 is 1.81 bits per heavy atom. The van der Waals surface area contributed by atoms with Crippen LogP contribution in [0.1, 0.15) is 33.6 Å². The molecule has 26 heavy (non-hydrogen) atoms. The third kappa shape index (κ3) is 3.59. The van der Waals surface area contributed by atoms with Crippen LogP contribution in [-0.4, -0.2) is 38.4 Å². The monoisotopic (exact) mass is 355 g/mol. The number of aliphatic hydroxyl groups is 4. The van der Waals surface area contributed by atoms with Gasteiger partial charge in [0.1, 0.15) is 18.5 Å². The van der Waals surface area contributed by atoms with E-state index >= 15 is 0 Å². The molecule has 0 saturated heterocycles. The average Bonchev–Trinajstić information content (AvgIpc) is 3.02. The fourth-order valence-corrected chi connectivity index (χ4v) is 3.04. The van der Waals surface area contributed by atoms with Crippen LogP contribution in [0.3, 0.4) is 0 Å². The number of aromatic amines is 1. The summed E-state index contributed by atoms with van der Waals surface area (Å²) in [6.07, 6.45) is 3.49. The molecule has 0 amide bonds. The second kappa shape index (κ2) is 9.08. The topological polar surface area (TPSA) is 133 Å². The summed E-state index contributed by atoms with van der Waals surface area (Å²) in [6.45, 7) is 2.36. The van der Waals surface area contributed by atoms with Crippen LogP contribution < -0.4 is 0 Å². The molecule has 2 aromatic rings. The van der Waals surface area contributed by atoms with E-state index in [0.717, 1.165) is 0 Å². The average molecular weight is 355 g/mol. The van der Waals surface area contributed by atoms with Crippen LogP contribution in [0.2, 0.25) is 0 Å². The minimum absolute atomic E-state index is 0.266. The molecule has 0 aliphatic heterocycles. The van der Waals surface area contributed by atoms with E-state index in [4.69, 9.17) is 5.11 Å². The molecule has 136 valence electrons. The molecule has 0 radical (unpaired) electrons. The molecule has 7 heteroatoms. The number of aliphatic imine (C=N–C) groups is 1. The van der Waals surface area contributed by atoms with Crippen molar-refractivity contribution in [2.75, 3.05) is 6.73 Å². The number of H-pyrrole nitrogens is 1. The zero-order valence-corrected chi connectivity index (χ0v) is 14.2. The SMILES string of the molecule is C=CCc1c(C#N)[nH]c(C=NCO)c1-c1ccc(CO)c(CO)c1CO. The van der Waals surface area contributed by atoms with Crippen molar-refractivity contribution in [3.63, 3.8) is 0 Å². The molecule has 0 unspecified atom stereocenters. The summed E-state index contributed by atoms with van der Waals surface area (Å²) in [5.41, 5.74) is 4.20. The third-order valence-corrected chi connectivity index (χ3v) is 4.18. The summed E-state index contributed by atoms with van der Waals surface area (Å²) in [5, 5.41) is 47.5. The van der Waals surface area contributed by atoms with Gasteiger partial charge in [0.05, 0.1) is 25.5 Å². The van der Waals surface area contributed by atoms with Gasteiger partial charge in [0.25, 0.3) is 0 Å². The van der Waals surface area contributed by atoms with Crippen molar-refractivity contribution in [1.82, 2.24) is 4.98 Å². The van der Waals surface area contributed by atoms with Crippen LogP contribution in [0.25, 0.3) is 11.1 Å². The van der Waals surface area contributed by atoms with Gasteiger partial charge in [0.15, 0.2) is 0 Å². The Morgan fingerprint density at radius 3 is 2.35 bits per heavy atom. The highest BCUT2D eigenvalue weighted by molar-refractivity contribution is 5.92. The number of nitrogens with one attached hydrogen (secondary N) is 1. The standard InChI is InChI=1S/C19H21N3O4/c1-2-3-14-17(6-20)22-18(7-21-11-26)19(14)13-5-4-12(8-23)15(9-24)16(13)10-25/h2,4-5,7,22-26H,1,3,8-11H2. The maximum Gasteiger partial charge on any atom is 0.134 e. The molecule has 0 saturated carbocycles. The minimum atomic E-state index is -0.407.